The summed E-state index contributed by atoms with van der Waals surface area (Å²) in [7, 11) is -3.01. The van der Waals surface area contributed by atoms with Crippen LogP contribution in [0.3, 0.4) is 0 Å². The average molecular weight is 882 g/mol. The van der Waals surface area contributed by atoms with Crippen molar-refractivity contribution in [2.24, 2.45) is 11.8 Å². The molecule has 2 aliphatic rings. The maximum atomic E-state index is 2.69. The molecule has 2 unspecified atom stereocenters. The Hall–Kier alpha value is -1.19. The van der Waals surface area contributed by atoms with Crippen molar-refractivity contribution in [2.75, 3.05) is 0 Å². The van der Waals surface area contributed by atoms with Gasteiger partial charge < -0.3 is 37.2 Å². The van der Waals surface area contributed by atoms with E-state index in [2.05, 4.69) is 204 Å². The zero-order valence-electron chi connectivity index (χ0n) is 39.1. The van der Waals surface area contributed by atoms with Crippen molar-refractivity contribution in [3.8, 4) is 0 Å². The first-order valence-electron chi connectivity index (χ1n) is 20.7. The number of hydrogen-bond acceptors (Lipinski definition) is 0. The third-order valence-electron chi connectivity index (χ3n) is 12.4. The minimum atomic E-state index is -3.01. The van der Waals surface area contributed by atoms with Gasteiger partial charge in [0.1, 0.15) is 0 Å². The molecule has 2 atom stereocenters. The molecule has 0 aromatic heterocycles. The summed E-state index contributed by atoms with van der Waals surface area (Å²) in [6.07, 6.45) is 9.68. The molecular formula is C52H75Cl3SiTi. The van der Waals surface area contributed by atoms with Gasteiger partial charge in [0.05, 0.1) is 8.07 Å². The fourth-order valence-electron chi connectivity index (χ4n) is 8.72. The van der Waals surface area contributed by atoms with Crippen LogP contribution in [0.1, 0.15) is 178 Å². The quantitative estimate of drug-likeness (QED) is 0.214. The van der Waals surface area contributed by atoms with E-state index in [1.807, 2.05) is 0 Å². The van der Waals surface area contributed by atoms with E-state index in [0.717, 1.165) is 6.42 Å². The second kappa shape index (κ2) is 18.0. The number of halogens is 3. The van der Waals surface area contributed by atoms with Crippen molar-refractivity contribution in [3.05, 3.63) is 117 Å². The van der Waals surface area contributed by atoms with Gasteiger partial charge in [0.25, 0.3) is 0 Å². The Morgan fingerprint density at radius 3 is 0.965 bits per heavy atom. The van der Waals surface area contributed by atoms with Crippen LogP contribution in [0.4, 0.5) is 0 Å². The molecule has 1 saturated carbocycles. The second-order valence-corrected chi connectivity index (χ2v) is 27.0. The number of hydrogen-bond donors (Lipinski definition) is 0. The number of rotatable bonds is 4. The van der Waals surface area contributed by atoms with E-state index < -0.39 is 8.07 Å². The minimum absolute atomic E-state index is 0. The summed E-state index contributed by atoms with van der Waals surface area (Å²) in [5.74, 6) is 1.05. The van der Waals surface area contributed by atoms with Gasteiger partial charge >= 0.3 is 21.7 Å². The van der Waals surface area contributed by atoms with Gasteiger partial charge in [-0.3, -0.25) is 0 Å². The van der Waals surface area contributed by atoms with E-state index in [4.69, 9.17) is 0 Å². The zero-order chi connectivity index (χ0) is 39.9. The normalized spacial score (nSPS) is 17.7. The van der Waals surface area contributed by atoms with Gasteiger partial charge in [-0.15, -0.1) is 12.2 Å². The Kier molecular flexibility index (Phi) is 17.0. The van der Waals surface area contributed by atoms with Gasteiger partial charge in [-0.2, -0.15) is 5.54 Å². The van der Waals surface area contributed by atoms with Crippen LogP contribution in [0.5, 0.6) is 0 Å². The van der Waals surface area contributed by atoms with Crippen LogP contribution in [0.25, 0.3) is 0 Å². The Labute approximate surface area is 385 Å². The van der Waals surface area contributed by atoms with Gasteiger partial charge in [-0.05, 0) is 78.2 Å². The monoisotopic (exact) mass is 880 g/mol. The Bertz CT molecular complexity index is 1630. The average Bonchev–Trinajstić information content (AvgIpc) is 3.34. The van der Waals surface area contributed by atoms with Crippen LogP contribution in [0, 0.1) is 17.4 Å². The van der Waals surface area contributed by atoms with Crippen LogP contribution in [0.15, 0.2) is 78.4 Å². The first-order chi connectivity index (χ1) is 23.9. The zero-order valence-corrected chi connectivity index (χ0v) is 44.0. The molecule has 2 aliphatic carbocycles. The van der Waals surface area contributed by atoms with E-state index in [-0.39, 0.29) is 91.4 Å². The molecule has 0 amide bonds. The molecule has 3 aromatic rings. The molecule has 0 aliphatic heterocycles. The minimum Gasteiger partial charge on any atom is -1.00 e. The van der Waals surface area contributed by atoms with E-state index in [1.54, 1.807) is 26.7 Å². The van der Waals surface area contributed by atoms with E-state index >= 15 is 0 Å². The van der Waals surface area contributed by atoms with Crippen molar-refractivity contribution in [1.82, 2.24) is 0 Å². The molecule has 1 fully saturated rings. The number of benzene rings is 3. The van der Waals surface area contributed by atoms with Gasteiger partial charge in [0, 0.05) is 0 Å². The standard InChI is InChI=1S/C52H75Si.3ClH.Ti/c1-34-24-35-22-20-21-23-45(35)46(34)53(42-28-36(47(2,3)4)25-37(29-42)48(5,6)7,43-30-38(49(8,9)10)26-39(31-43)50(11,12)13)44-32-40(51(14,15)16)27-41(33-44)52(17,18)19;;;;/h20-21,23,25-35H,22,24H2,1-19H3;3*1H;/q-1;;;;+4/p-3. The molecule has 0 bridgehead atoms. The maximum Gasteiger partial charge on any atom is 4.00 e. The first kappa shape index (κ1) is 53.8. The van der Waals surface area contributed by atoms with Crippen molar-refractivity contribution in [3.63, 3.8) is 0 Å². The predicted octanol–water partition coefficient (Wildman–Crippen LogP) is 3.61. The van der Waals surface area contributed by atoms with E-state index in [1.165, 1.54) is 39.8 Å². The number of allylic oxidation sites excluding steroid dienone is 4. The largest absolute Gasteiger partial charge is 4.00 e. The third kappa shape index (κ3) is 11.0. The summed E-state index contributed by atoms with van der Waals surface area (Å²) in [6.45, 7) is 46.0. The molecule has 57 heavy (non-hydrogen) atoms. The van der Waals surface area contributed by atoms with E-state index in [9.17, 15) is 0 Å². The Morgan fingerprint density at radius 1 is 0.456 bits per heavy atom. The summed E-state index contributed by atoms with van der Waals surface area (Å²) in [6, 6.07) is 23.7. The molecule has 0 nitrogen and oxygen atoms in total. The summed E-state index contributed by atoms with van der Waals surface area (Å²) in [4.78, 5) is 0. The Balaban J connectivity index is 0.00000406. The molecule has 5 heteroatoms. The molecule has 5 rings (SSSR count). The Morgan fingerprint density at radius 2 is 0.719 bits per heavy atom. The van der Waals surface area contributed by atoms with Crippen molar-refractivity contribution >= 4 is 23.6 Å². The first-order valence-corrected chi connectivity index (χ1v) is 22.7. The van der Waals surface area contributed by atoms with Gasteiger partial charge in [-0.1, -0.05) is 214 Å². The van der Waals surface area contributed by atoms with Crippen LogP contribution < -0.4 is 52.8 Å². The van der Waals surface area contributed by atoms with Gasteiger partial charge in [0.15, 0.2) is 0 Å². The van der Waals surface area contributed by atoms with Crippen molar-refractivity contribution in [1.29, 1.82) is 0 Å². The van der Waals surface area contributed by atoms with Crippen LogP contribution in [0.2, 0.25) is 0 Å². The van der Waals surface area contributed by atoms with Crippen LogP contribution in [-0.4, -0.2) is 8.07 Å². The molecule has 0 heterocycles. The van der Waals surface area contributed by atoms with Crippen LogP contribution >= 0.6 is 0 Å². The molecule has 312 valence electrons. The topological polar surface area (TPSA) is 0 Å². The van der Waals surface area contributed by atoms with Gasteiger partial charge in [0.2, 0.25) is 0 Å². The number of fused-ring (bicyclic) bond motifs is 1. The molecule has 0 N–H and O–H groups in total. The maximum absolute atomic E-state index is 3.01. The summed E-state index contributed by atoms with van der Waals surface area (Å²) < 4.78 is 0. The summed E-state index contributed by atoms with van der Waals surface area (Å²) in [5.41, 5.74) is 12.1. The molecule has 0 radical (unpaired) electrons. The second-order valence-electron chi connectivity index (χ2n) is 23.2. The summed E-state index contributed by atoms with van der Waals surface area (Å²) >= 11 is 0. The summed E-state index contributed by atoms with van der Waals surface area (Å²) in [5, 5.41) is 4.68. The fraction of sp³-hybridized carbons (Fsp3) is 0.558. The van der Waals surface area contributed by atoms with E-state index in [0.29, 0.717) is 11.8 Å². The SMILES string of the molecule is CC1CC2CC=CC=C2[C-]1[Si](c1cc(C(C)(C)C)cc(C(C)(C)C)c1)(c1cc(C(C)(C)C)cc(C(C)(C)C)c1)c1cc(C(C)(C)C)cc(C(C)(C)C)c1.[Cl-].[Cl-].[Cl-].[Ti+4]. The predicted molar refractivity (Wildman–Crippen MR) is 239 cm³/mol. The van der Waals surface area contributed by atoms with Crippen molar-refractivity contribution in [2.45, 2.75) is 177 Å². The molecule has 3 aromatic carbocycles. The smallest absolute Gasteiger partial charge is 1.00 e. The molecule has 0 spiro atoms. The van der Waals surface area contributed by atoms with Crippen LogP contribution in [-0.2, 0) is 54.2 Å². The molecular weight excluding hydrogens is 807 g/mol. The fourth-order valence-corrected chi connectivity index (χ4v) is 14.5. The molecule has 0 saturated heterocycles. The van der Waals surface area contributed by atoms with Crippen molar-refractivity contribution < 1.29 is 58.9 Å². The third-order valence-corrected chi connectivity index (χ3v) is 17.5. The van der Waals surface area contributed by atoms with Gasteiger partial charge in [-0.25, -0.2) is 11.6 Å².